The molecule has 4 atom stereocenters. The van der Waals surface area contributed by atoms with Crippen molar-refractivity contribution in [3.05, 3.63) is 114 Å². The first-order valence-corrected chi connectivity index (χ1v) is 23.5. The van der Waals surface area contributed by atoms with Gasteiger partial charge < -0.3 is 45.2 Å². The van der Waals surface area contributed by atoms with E-state index in [1.54, 1.807) is 0 Å². The molecule has 0 aliphatic carbocycles. The van der Waals surface area contributed by atoms with Crippen LogP contribution in [0, 0.1) is 43.3 Å². The minimum Gasteiger partial charge on any atom is -0.453 e. The van der Waals surface area contributed by atoms with Gasteiger partial charge in [0, 0.05) is 31.7 Å². The van der Waals surface area contributed by atoms with E-state index >= 15 is 0 Å². The van der Waals surface area contributed by atoms with Crippen LogP contribution in [0.25, 0.3) is 22.5 Å². The smallest absolute Gasteiger partial charge is 0.407 e. The van der Waals surface area contributed by atoms with Crippen molar-refractivity contribution in [2.75, 3.05) is 38.8 Å². The Bertz CT molecular complexity index is 2440. The number of amides is 4. The number of methoxy groups -OCH3 is 2. The van der Waals surface area contributed by atoms with E-state index in [1.807, 2.05) is 66.4 Å². The van der Waals surface area contributed by atoms with Crippen LogP contribution in [0.4, 0.5) is 19.7 Å². The molecule has 0 radical (unpaired) electrons. The zero-order valence-electron chi connectivity index (χ0n) is 41.1. The molecule has 0 saturated carbocycles. The van der Waals surface area contributed by atoms with Crippen molar-refractivity contribution < 1.29 is 33.0 Å². The van der Waals surface area contributed by atoms with E-state index < -0.39 is 18.2 Å². The number of nitrogens with two attached hydrogens (primary N) is 1. The third-order valence-electron chi connectivity index (χ3n) is 12.2. The molecule has 4 amide bonds. The van der Waals surface area contributed by atoms with Crippen LogP contribution in [0.3, 0.4) is 0 Å². The minimum absolute atomic E-state index is 0.0811. The summed E-state index contributed by atoms with van der Waals surface area (Å²) in [6.45, 7) is 10.4. The summed E-state index contributed by atoms with van der Waals surface area (Å²) in [6.07, 6.45) is 24.8. The molecule has 5 aromatic rings. The largest absolute Gasteiger partial charge is 0.453 e. The number of alkyl carbamates (subject to hydrolysis) is 1. The maximum Gasteiger partial charge on any atom is 0.407 e. The molecule has 0 spiro atoms. The third kappa shape index (κ3) is 14.7. The van der Waals surface area contributed by atoms with Gasteiger partial charge in [-0.2, -0.15) is 0 Å². The Balaban J connectivity index is 0.000000289. The quantitative estimate of drug-likeness (QED) is 0.0934. The lowest BCUT2D eigenvalue weighted by atomic mass is 10.0. The first-order valence-electron chi connectivity index (χ1n) is 23.5. The fraction of sp³-hybridized carbons (Fsp3) is 0.407. The molecule has 0 unspecified atom stereocenters. The molecule has 70 heavy (non-hydrogen) atoms. The van der Waals surface area contributed by atoms with E-state index in [1.165, 1.54) is 31.9 Å². The summed E-state index contributed by atoms with van der Waals surface area (Å²) in [6, 6.07) is 24.9. The number of carbonyl (C=O) groups excluding carboxylic acids is 4. The van der Waals surface area contributed by atoms with Gasteiger partial charge in [-0.3, -0.25) is 9.59 Å². The fourth-order valence-electron chi connectivity index (χ4n) is 8.87. The minimum atomic E-state index is -0.745. The lowest BCUT2D eigenvalue weighted by Gasteiger charge is -2.30. The standard InChI is InChI=1S/C30H36FN5O3.C18H23N3O.C2H5NO2.2C2H2/c1-19(2)27(34-30(38)39-3)29(37)36-17-5-7-26(36)28-32-18-24(33-28)20-8-10-21(11-9-20)25-6-4-16-35(25)23-14-12-22(31)13-15-23;1-13(2)11-17(22)21-10-6-9-16(21)18-19-12-15(20-18)14-7-4-3-5-8-14;1-5-2(3)4;2*1-2/h8-15,18-19,25-27H,4-7,16-17H2,1-3H3,(H,32,33)(H,34,38);3-5,7-8,12-13,16H,6,9-11H2,1-2H3,(H,19,20);1H3,(H2,3,4);2*1-2H/t25-,26+,27+;16-;;;/m10.../s1. The number of nitrogens with zero attached hydrogens (tertiary/aromatic N) is 5. The summed E-state index contributed by atoms with van der Waals surface area (Å²) in [5.74, 6) is 1.87. The van der Waals surface area contributed by atoms with Crippen molar-refractivity contribution >= 4 is 29.7 Å². The zero-order valence-corrected chi connectivity index (χ0v) is 41.1. The predicted molar refractivity (Wildman–Crippen MR) is 271 cm³/mol. The molecular weight excluding hydrogens is 890 g/mol. The average molecular weight is 958 g/mol. The molecule has 3 fully saturated rings. The van der Waals surface area contributed by atoms with E-state index in [4.69, 9.17) is 4.74 Å². The highest BCUT2D eigenvalue weighted by Gasteiger charge is 2.38. The molecule has 3 aliphatic heterocycles. The SMILES string of the molecule is C#C.C#C.CC(C)CC(=O)N1CCC[C@H]1c1ncc(-c2ccccc2)[nH]1.COC(=O)N[C@H](C(=O)N1CCC[C@H]1c1ncc(-c2ccc([C@H]3CCCN3c3ccc(F)cc3)cc2)[nH]1)C(C)C.COC(N)=O. The van der Waals surface area contributed by atoms with Gasteiger partial charge in [-0.25, -0.2) is 23.9 Å². The van der Waals surface area contributed by atoms with Crippen LogP contribution in [0.2, 0.25) is 0 Å². The fourth-order valence-corrected chi connectivity index (χ4v) is 8.87. The number of imidazole rings is 2. The van der Waals surface area contributed by atoms with E-state index in [2.05, 4.69) is 117 Å². The number of halogens is 1. The highest BCUT2D eigenvalue weighted by molar-refractivity contribution is 5.86. The summed E-state index contributed by atoms with van der Waals surface area (Å²) in [5.41, 5.74) is 10.7. The molecule has 15 nitrogen and oxygen atoms in total. The number of primary amides is 1. The highest BCUT2D eigenvalue weighted by atomic mass is 19.1. The number of carbonyl (C=O) groups is 4. The van der Waals surface area contributed by atoms with E-state index in [9.17, 15) is 23.6 Å². The van der Waals surface area contributed by atoms with Crippen LogP contribution in [-0.4, -0.2) is 93.6 Å². The Labute approximate surface area is 412 Å². The van der Waals surface area contributed by atoms with Crippen LogP contribution in [0.1, 0.15) is 108 Å². The molecule has 0 bridgehead atoms. The van der Waals surface area contributed by atoms with Gasteiger partial charge in [0.1, 0.15) is 23.5 Å². The van der Waals surface area contributed by atoms with Crippen molar-refractivity contribution in [3.63, 3.8) is 0 Å². The first-order chi connectivity index (χ1) is 33.8. The van der Waals surface area contributed by atoms with Crippen LogP contribution in [-0.2, 0) is 19.1 Å². The van der Waals surface area contributed by atoms with Crippen molar-refractivity contribution in [1.82, 2.24) is 35.1 Å². The maximum absolute atomic E-state index is 13.4. The number of nitrogens with one attached hydrogen (secondary N) is 3. The van der Waals surface area contributed by atoms with E-state index in [-0.39, 0.29) is 41.7 Å². The third-order valence-corrected chi connectivity index (χ3v) is 12.2. The molecule has 2 aromatic heterocycles. The second-order valence-electron chi connectivity index (χ2n) is 17.6. The molecule has 3 aliphatic rings. The molecule has 8 rings (SSSR count). The summed E-state index contributed by atoms with van der Waals surface area (Å²) in [7, 11) is 2.52. The molecule has 3 aromatic carbocycles. The van der Waals surface area contributed by atoms with Crippen molar-refractivity contribution in [1.29, 1.82) is 0 Å². The lowest BCUT2D eigenvalue weighted by molar-refractivity contribution is -0.135. The van der Waals surface area contributed by atoms with Gasteiger partial charge in [-0.1, -0.05) is 82.3 Å². The number of hydrogen-bond acceptors (Lipinski definition) is 9. The van der Waals surface area contributed by atoms with Crippen molar-refractivity contribution in [2.24, 2.45) is 17.6 Å². The number of rotatable bonds is 11. The molecule has 5 N–H and O–H groups in total. The number of H-pyrrole nitrogens is 2. The van der Waals surface area contributed by atoms with Gasteiger partial charge in [-0.15, -0.1) is 25.7 Å². The predicted octanol–water partition coefficient (Wildman–Crippen LogP) is 9.60. The number of hydrogen-bond donors (Lipinski definition) is 4. The Kier molecular flexibility index (Phi) is 21.5. The number of benzene rings is 3. The highest BCUT2D eigenvalue weighted by Crippen LogP contribution is 2.38. The molecule has 3 saturated heterocycles. The number of aromatic amines is 2. The van der Waals surface area contributed by atoms with Gasteiger partial charge in [0.2, 0.25) is 11.8 Å². The summed E-state index contributed by atoms with van der Waals surface area (Å²) in [4.78, 5) is 69.2. The van der Waals surface area contributed by atoms with Crippen molar-refractivity contribution in [3.8, 4) is 48.2 Å². The van der Waals surface area contributed by atoms with Gasteiger partial charge in [0.05, 0.1) is 56.1 Å². The van der Waals surface area contributed by atoms with E-state index in [0.29, 0.717) is 18.9 Å². The Hall–Kier alpha value is -7.59. The monoisotopic (exact) mass is 958 g/mol. The normalized spacial score (nSPS) is 17.3. The van der Waals surface area contributed by atoms with Gasteiger partial charge in [0.25, 0.3) is 0 Å². The number of aromatic nitrogens is 4. The Morgan fingerprint density at radius 1 is 0.714 bits per heavy atom. The van der Waals surface area contributed by atoms with Crippen LogP contribution >= 0.6 is 0 Å². The van der Waals surface area contributed by atoms with Crippen LogP contribution in [0.5, 0.6) is 0 Å². The van der Waals surface area contributed by atoms with Gasteiger partial charge >= 0.3 is 12.2 Å². The first kappa shape index (κ1) is 55.0. The Morgan fingerprint density at radius 2 is 1.21 bits per heavy atom. The zero-order chi connectivity index (χ0) is 51.3. The lowest BCUT2D eigenvalue weighted by Crippen LogP contribution is -2.51. The van der Waals surface area contributed by atoms with Crippen LogP contribution < -0.4 is 16.0 Å². The van der Waals surface area contributed by atoms with Crippen molar-refractivity contribution in [2.45, 2.75) is 96.8 Å². The molecule has 5 heterocycles. The van der Waals surface area contributed by atoms with E-state index in [0.717, 1.165) is 91.5 Å². The van der Waals surface area contributed by atoms with Gasteiger partial charge in [-0.05, 0) is 91.3 Å². The number of ether oxygens (including phenoxy) is 2. The topological polar surface area (TPSA) is 192 Å². The van der Waals surface area contributed by atoms with Gasteiger partial charge in [0.15, 0.2) is 0 Å². The summed E-state index contributed by atoms with van der Waals surface area (Å²) in [5, 5.41) is 2.69. The van der Waals surface area contributed by atoms with Crippen LogP contribution in [0.15, 0.2) is 91.3 Å². The second kappa shape index (κ2) is 27.4. The maximum atomic E-state index is 13.4. The number of anilines is 1. The molecule has 16 heteroatoms. The Morgan fingerprint density at radius 3 is 1.73 bits per heavy atom. The molecular formula is C54H68FN9O6. The number of terminal acetylenes is 2. The number of likely N-dealkylation sites (tertiary alicyclic amines) is 2. The summed E-state index contributed by atoms with van der Waals surface area (Å²) >= 11 is 0. The summed E-state index contributed by atoms with van der Waals surface area (Å²) < 4.78 is 22.0. The second-order valence-corrected chi connectivity index (χ2v) is 17.6. The average Bonchev–Trinajstić information content (AvgIpc) is 4.25. The molecule has 372 valence electrons.